The number of benzene rings is 2. The smallest absolute Gasteiger partial charge is 0.239 e. The van der Waals surface area contributed by atoms with Gasteiger partial charge in [0, 0.05) is 6.54 Å². The minimum Gasteiger partial charge on any atom is -0.454 e. The Balaban J connectivity index is 1.65. The molecular weight excluding hydrogens is 358 g/mol. The van der Waals surface area contributed by atoms with Gasteiger partial charge in [0.15, 0.2) is 11.5 Å². The maximum atomic E-state index is 13.7. The number of nitrogens with one attached hydrogen (secondary N) is 2. The number of hydrogen-bond donors (Lipinski definition) is 2. The fourth-order valence-corrected chi connectivity index (χ4v) is 2.44. The van der Waals surface area contributed by atoms with Crippen molar-refractivity contribution in [3.63, 3.8) is 0 Å². The highest BCUT2D eigenvalue weighted by molar-refractivity contribution is 6.09. The largest absolute Gasteiger partial charge is 0.454 e. The monoisotopic (exact) mass is 376 g/mol. The van der Waals surface area contributed by atoms with Crippen molar-refractivity contribution < 1.29 is 27.8 Å². The number of rotatable bonds is 5. The average Bonchev–Trinajstić information content (AvgIpc) is 3.10. The van der Waals surface area contributed by atoms with E-state index in [0.717, 1.165) is 17.7 Å². The van der Waals surface area contributed by atoms with Gasteiger partial charge >= 0.3 is 0 Å². The first-order valence-corrected chi connectivity index (χ1v) is 8.21. The van der Waals surface area contributed by atoms with E-state index >= 15 is 0 Å². The third-order valence-corrected chi connectivity index (χ3v) is 4.23. The van der Waals surface area contributed by atoms with Crippen LogP contribution in [0.3, 0.4) is 0 Å². The lowest BCUT2D eigenvalue weighted by atomic mass is 9.90. The zero-order valence-corrected chi connectivity index (χ0v) is 14.8. The van der Waals surface area contributed by atoms with Crippen molar-refractivity contribution in [3.8, 4) is 11.5 Å². The number of carbonyl (C=O) groups is 2. The van der Waals surface area contributed by atoms with Gasteiger partial charge in [-0.25, -0.2) is 8.78 Å². The lowest BCUT2D eigenvalue weighted by Gasteiger charge is -2.23. The summed E-state index contributed by atoms with van der Waals surface area (Å²) >= 11 is 0. The first kappa shape index (κ1) is 18.6. The summed E-state index contributed by atoms with van der Waals surface area (Å²) in [7, 11) is 0. The fourth-order valence-electron chi connectivity index (χ4n) is 2.44. The summed E-state index contributed by atoms with van der Waals surface area (Å²) < 4.78 is 37.9. The summed E-state index contributed by atoms with van der Waals surface area (Å²) in [5, 5.41) is 4.79. The van der Waals surface area contributed by atoms with Crippen molar-refractivity contribution >= 4 is 17.5 Å². The molecule has 0 spiro atoms. The zero-order chi connectivity index (χ0) is 19.6. The van der Waals surface area contributed by atoms with Gasteiger partial charge in [0.2, 0.25) is 18.6 Å². The van der Waals surface area contributed by atoms with Crippen LogP contribution in [0.1, 0.15) is 19.4 Å². The molecule has 0 saturated carbocycles. The Morgan fingerprint density at radius 1 is 1.04 bits per heavy atom. The van der Waals surface area contributed by atoms with Crippen LogP contribution in [-0.4, -0.2) is 18.6 Å². The highest BCUT2D eigenvalue weighted by Gasteiger charge is 2.36. The van der Waals surface area contributed by atoms with Crippen LogP contribution in [0.5, 0.6) is 11.5 Å². The van der Waals surface area contributed by atoms with Crippen LogP contribution >= 0.6 is 0 Å². The summed E-state index contributed by atoms with van der Waals surface area (Å²) in [4.78, 5) is 24.9. The van der Waals surface area contributed by atoms with E-state index in [1.165, 1.54) is 19.9 Å². The van der Waals surface area contributed by atoms with Crippen molar-refractivity contribution in [1.29, 1.82) is 0 Å². The van der Waals surface area contributed by atoms with Crippen LogP contribution in [-0.2, 0) is 16.1 Å². The second kappa shape index (κ2) is 7.22. The van der Waals surface area contributed by atoms with Crippen LogP contribution in [0.25, 0.3) is 0 Å². The van der Waals surface area contributed by atoms with Gasteiger partial charge < -0.3 is 20.1 Å². The number of anilines is 1. The molecule has 1 heterocycles. The van der Waals surface area contributed by atoms with E-state index in [1.54, 1.807) is 18.2 Å². The minimum atomic E-state index is -1.55. The molecule has 0 unspecified atom stereocenters. The minimum absolute atomic E-state index is 0.144. The van der Waals surface area contributed by atoms with E-state index in [2.05, 4.69) is 10.6 Å². The Kier molecular flexibility index (Phi) is 4.98. The number of halogens is 2. The molecule has 1 aliphatic heterocycles. The van der Waals surface area contributed by atoms with E-state index in [9.17, 15) is 18.4 Å². The molecule has 0 bridgehead atoms. The van der Waals surface area contributed by atoms with Crippen molar-refractivity contribution in [1.82, 2.24) is 5.32 Å². The molecular formula is C19H18F2N2O4. The van der Waals surface area contributed by atoms with Crippen molar-refractivity contribution in [2.24, 2.45) is 5.41 Å². The summed E-state index contributed by atoms with van der Waals surface area (Å²) in [5.74, 6) is -2.05. The molecule has 8 heteroatoms. The fraction of sp³-hybridized carbons (Fsp3) is 0.263. The Labute approximate surface area is 154 Å². The van der Waals surface area contributed by atoms with Crippen molar-refractivity contribution in [3.05, 3.63) is 53.6 Å². The number of fused-ring (bicyclic) bond motifs is 1. The molecule has 3 rings (SSSR count). The normalized spacial score (nSPS) is 12.6. The summed E-state index contributed by atoms with van der Waals surface area (Å²) in [5.41, 5.74) is -1.38. The molecule has 2 N–H and O–H groups in total. The van der Waals surface area contributed by atoms with E-state index in [1.807, 2.05) is 0 Å². The van der Waals surface area contributed by atoms with Gasteiger partial charge in [0.05, 0.1) is 0 Å². The lowest BCUT2D eigenvalue weighted by Crippen LogP contribution is -2.45. The lowest BCUT2D eigenvalue weighted by molar-refractivity contribution is -0.138. The van der Waals surface area contributed by atoms with Crippen LogP contribution in [0, 0.1) is 17.0 Å². The summed E-state index contributed by atoms with van der Waals surface area (Å²) in [6, 6.07) is 8.43. The molecule has 27 heavy (non-hydrogen) atoms. The van der Waals surface area contributed by atoms with Crippen LogP contribution in [0.15, 0.2) is 36.4 Å². The first-order valence-electron chi connectivity index (χ1n) is 8.21. The van der Waals surface area contributed by atoms with Gasteiger partial charge in [-0.1, -0.05) is 12.1 Å². The van der Waals surface area contributed by atoms with Gasteiger partial charge in [-0.3, -0.25) is 9.59 Å². The number of hydrogen-bond acceptors (Lipinski definition) is 4. The predicted octanol–water partition coefficient (Wildman–Crippen LogP) is 2.97. The maximum Gasteiger partial charge on any atom is 0.239 e. The molecule has 2 aromatic rings. The highest BCUT2D eigenvalue weighted by Crippen LogP contribution is 2.32. The Morgan fingerprint density at radius 2 is 1.70 bits per heavy atom. The van der Waals surface area contributed by atoms with E-state index in [-0.39, 0.29) is 13.3 Å². The molecule has 0 aromatic heterocycles. The molecule has 2 amide bonds. The van der Waals surface area contributed by atoms with Gasteiger partial charge in [0.25, 0.3) is 0 Å². The maximum absolute atomic E-state index is 13.7. The number of para-hydroxylation sites is 1. The predicted molar refractivity (Wildman–Crippen MR) is 93.2 cm³/mol. The highest BCUT2D eigenvalue weighted by atomic mass is 19.1. The van der Waals surface area contributed by atoms with Crippen LogP contribution in [0.4, 0.5) is 14.5 Å². The number of ether oxygens (including phenoxy) is 2. The standard InChI is InChI=1S/C19H18F2N2O4/c1-19(2,18(25)23-16-12(20)4-3-5-13(16)21)17(24)22-9-11-6-7-14-15(8-11)27-10-26-14/h3-8H,9-10H2,1-2H3,(H,22,24)(H,23,25). The Morgan fingerprint density at radius 3 is 2.41 bits per heavy atom. The molecule has 6 nitrogen and oxygen atoms in total. The summed E-state index contributed by atoms with van der Waals surface area (Å²) in [6.07, 6.45) is 0. The van der Waals surface area contributed by atoms with E-state index in [4.69, 9.17) is 9.47 Å². The van der Waals surface area contributed by atoms with Gasteiger partial charge in [-0.05, 0) is 43.7 Å². The van der Waals surface area contributed by atoms with Crippen LogP contribution in [0.2, 0.25) is 0 Å². The van der Waals surface area contributed by atoms with Crippen molar-refractivity contribution in [2.45, 2.75) is 20.4 Å². The third kappa shape index (κ3) is 3.84. The number of amides is 2. The second-order valence-electron chi connectivity index (χ2n) is 6.55. The molecule has 2 aromatic carbocycles. The molecule has 0 fully saturated rings. The van der Waals surface area contributed by atoms with Gasteiger partial charge in [-0.2, -0.15) is 0 Å². The molecule has 0 atom stereocenters. The van der Waals surface area contributed by atoms with E-state index < -0.39 is 34.6 Å². The van der Waals surface area contributed by atoms with Crippen molar-refractivity contribution in [2.75, 3.05) is 12.1 Å². The van der Waals surface area contributed by atoms with E-state index in [0.29, 0.717) is 11.5 Å². The Bertz CT molecular complexity index is 879. The van der Waals surface area contributed by atoms with Gasteiger partial charge in [-0.15, -0.1) is 0 Å². The molecule has 142 valence electrons. The topological polar surface area (TPSA) is 76.7 Å². The number of carbonyl (C=O) groups excluding carboxylic acids is 2. The average molecular weight is 376 g/mol. The molecule has 0 aliphatic carbocycles. The quantitative estimate of drug-likeness (QED) is 0.787. The molecule has 1 aliphatic rings. The second-order valence-corrected chi connectivity index (χ2v) is 6.55. The SMILES string of the molecule is CC(C)(C(=O)NCc1ccc2c(c1)OCO2)C(=O)Nc1c(F)cccc1F. The van der Waals surface area contributed by atoms with Gasteiger partial charge in [0.1, 0.15) is 22.7 Å². The molecule has 0 saturated heterocycles. The first-order chi connectivity index (χ1) is 12.8. The zero-order valence-electron chi connectivity index (χ0n) is 14.8. The Hall–Kier alpha value is -3.16. The third-order valence-electron chi connectivity index (χ3n) is 4.23. The van der Waals surface area contributed by atoms with Crippen LogP contribution < -0.4 is 20.1 Å². The molecule has 0 radical (unpaired) electrons. The summed E-state index contributed by atoms with van der Waals surface area (Å²) in [6.45, 7) is 3.04.